The van der Waals surface area contributed by atoms with Gasteiger partial charge in [0.2, 0.25) is 0 Å². The number of nitrogens with one attached hydrogen (secondary N) is 1. The molecule has 0 aromatic carbocycles. The summed E-state index contributed by atoms with van der Waals surface area (Å²) in [6.07, 6.45) is 11.6. The van der Waals surface area contributed by atoms with Gasteiger partial charge in [0.15, 0.2) is 0 Å². The molecule has 4 heterocycles. The minimum atomic E-state index is 0.574. The van der Waals surface area contributed by atoms with Crippen molar-refractivity contribution in [3.63, 3.8) is 0 Å². The molecule has 0 amide bonds. The van der Waals surface area contributed by atoms with Crippen LogP contribution in [0.3, 0.4) is 0 Å². The van der Waals surface area contributed by atoms with Crippen LogP contribution in [-0.4, -0.2) is 35.6 Å². The van der Waals surface area contributed by atoms with Gasteiger partial charge in [-0.2, -0.15) is 0 Å². The Labute approximate surface area is 139 Å². The monoisotopic (exact) mass is 312 g/mol. The molecule has 4 unspecified atom stereocenters. The standard InChI is InChI=1S/C19H28N4/c1-2-16(10-20-3-1)18-9-19(22-12-21-18)23-11-15-5-13-4-14(6-15)8-17(23)7-13/h9,12-17,20H,1-8,10-11H2/t13-,14?,15?,16?,17?/m0/s1. The van der Waals surface area contributed by atoms with E-state index in [2.05, 4.69) is 21.3 Å². The Hall–Kier alpha value is -1.16. The third-order valence-corrected chi connectivity index (χ3v) is 6.79. The number of rotatable bonds is 2. The molecule has 4 bridgehead atoms. The van der Waals surface area contributed by atoms with E-state index in [4.69, 9.17) is 4.98 Å². The highest BCUT2D eigenvalue weighted by Gasteiger charge is 2.43. The average Bonchev–Trinajstić information content (AvgIpc) is 2.79. The molecular formula is C19H28N4. The predicted octanol–water partition coefficient (Wildman–Crippen LogP) is 2.96. The molecule has 0 spiro atoms. The van der Waals surface area contributed by atoms with Gasteiger partial charge >= 0.3 is 0 Å². The molecule has 2 aliphatic carbocycles. The second-order valence-electron chi connectivity index (χ2n) is 8.43. The van der Waals surface area contributed by atoms with Crippen LogP contribution in [0.5, 0.6) is 0 Å². The number of anilines is 1. The van der Waals surface area contributed by atoms with E-state index in [9.17, 15) is 0 Å². The number of hydrogen-bond acceptors (Lipinski definition) is 4. The Balaban J connectivity index is 1.42. The maximum absolute atomic E-state index is 4.69. The quantitative estimate of drug-likeness (QED) is 0.911. The fourth-order valence-corrected chi connectivity index (χ4v) is 5.91. The molecule has 5 atom stereocenters. The van der Waals surface area contributed by atoms with Crippen LogP contribution in [0.25, 0.3) is 0 Å². The van der Waals surface area contributed by atoms with Crippen LogP contribution in [0, 0.1) is 17.8 Å². The van der Waals surface area contributed by atoms with Crippen molar-refractivity contribution >= 4 is 5.82 Å². The summed E-state index contributed by atoms with van der Waals surface area (Å²) in [5, 5.41) is 3.52. The number of aromatic nitrogens is 2. The Kier molecular flexibility index (Phi) is 3.54. The normalized spacial score (nSPS) is 39.5. The van der Waals surface area contributed by atoms with Crippen molar-refractivity contribution in [2.45, 2.75) is 56.9 Å². The molecule has 5 fully saturated rings. The molecule has 6 rings (SSSR count). The van der Waals surface area contributed by atoms with Gasteiger partial charge in [-0.25, -0.2) is 9.97 Å². The SMILES string of the molecule is c1nc(C2CCCNC2)cc(N2CC3CC4CC2C[C@@H](C4)C3)n1. The Bertz CT molecular complexity index is 554. The van der Waals surface area contributed by atoms with Gasteiger partial charge < -0.3 is 10.2 Å². The maximum Gasteiger partial charge on any atom is 0.132 e. The lowest BCUT2D eigenvalue weighted by atomic mass is 9.68. The minimum absolute atomic E-state index is 0.574. The Morgan fingerprint density at radius 3 is 2.61 bits per heavy atom. The first-order chi connectivity index (χ1) is 11.3. The maximum atomic E-state index is 4.69. The van der Waals surface area contributed by atoms with Crippen LogP contribution in [0.4, 0.5) is 5.82 Å². The van der Waals surface area contributed by atoms with Crippen molar-refractivity contribution in [2.24, 2.45) is 17.8 Å². The highest BCUT2D eigenvalue weighted by Crippen LogP contribution is 2.48. The summed E-state index contributed by atoms with van der Waals surface area (Å²) in [7, 11) is 0. The molecule has 1 N–H and O–H groups in total. The molecule has 4 nitrogen and oxygen atoms in total. The van der Waals surface area contributed by atoms with Gasteiger partial charge in [-0.05, 0) is 69.2 Å². The highest BCUT2D eigenvalue weighted by atomic mass is 15.2. The summed E-state index contributed by atoms with van der Waals surface area (Å²) >= 11 is 0. The largest absolute Gasteiger partial charge is 0.353 e. The summed E-state index contributed by atoms with van der Waals surface area (Å²) in [5.41, 5.74) is 1.26. The second-order valence-corrected chi connectivity index (χ2v) is 8.43. The van der Waals surface area contributed by atoms with Crippen LogP contribution >= 0.6 is 0 Å². The molecule has 3 saturated heterocycles. The van der Waals surface area contributed by atoms with Crippen LogP contribution < -0.4 is 10.2 Å². The topological polar surface area (TPSA) is 41.1 Å². The lowest BCUT2D eigenvalue weighted by molar-refractivity contribution is 0.157. The van der Waals surface area contributed by atoms with Gasteiger partial charge in [0, 0.05) is 31.1 Å². The lowest BCUT2D eigenvalue weighted by Crippen LogP contribution is -2.38. The molecule has 4 heteroatoms. The fraction of sp³-hybridized carbons (Fsp3) is 0.789. The highest BCUT2D eigenvalue weighted by molar-refractivity contribution is 5.42. The third kappa shape index (κ3) is 2.65. The van der Waals surface area contributed by atoms with Crippen molar-refractivity contribution in [1.29, 1.82) is 0 Å². The average molecular weight is 312 g/mol. The van der Waals surface area contributed by atoms with E-state index in [1.165, 1.54) is 63.0 Å². The van der Waals surface area contributed by atoms with E-state index >= 15 is 0 Å². The molecule has 5 aliphatic rings. The lowest BCUT2D eigenvalue weighted by Gasteiger charge is -2.39. The number of piperidine rings is 1. The fourth-order valence-electron chi connectivity index (χ4n) is 5.91. The van der Waals surface area contributed by atoms with E-state index in [1.54, 1.807) is 0 Å². The molecule has 124 valence electrons. The molecule has 23 heavy (non-hydrogen) atoms. The van der Waals surface area contributed by atoms with Gasteiger partial charge in [0.05, 0.1) is 5.69 Å². The molecule has 1 aromatic rings. The molecular weight excluding hydrogens is 284 g/mol. The van der Waals surface area contributed by atoms with Crippen molar-refractivity contribution in [2.75, 3.05) is 24.5 Å². The first-order valence-electron chi connectivity index (χ1n) is 9.64. The zero-order chi connectivity index (χ0) is 15.2. The van der Waals surface area contributed by atoms with Gasteiger partial charge in [-0.3, -0.25) is 0 Å². The van der Waals surface area contributed by atoms with E-state index in [1.807, 2.05) is 6.33 Å². The Morgan fingerprint density at radius 1 is 1.00 bits per heavy atom. The van der Waals surface area contributed by atoms with Crippen LogP contribution in [0.2, 0.25) is 0 Å². The summed E-state index contributed by atoms with van der Waals surface area (Å²) < 4.78 is 0. The summed E-state index contributed by atoms with van der Waals surface area (Å²) in [6.45, 7) is 3.47. The predicted molar refractivity (Wildman–Crippen MR) is 91.6 cm³/mol. The smallest absolute Gasteiger partial charge is 0.132 e. The summed E-state index contributed by atoms with van der Waals surface area (Å²) in [5.74, 6) is 4.67. The zero-order valence-electron chi connectivity index (χ0n) is 14.0. The van der Waals surface area contributed by atoms with Crippen molar-refractivity contribution in [3.05, 3.63) is 18.1 Å². The molecule has 3 aliphatic heterocycles. The van der Waals surface area contributed by atoms with Gasteiger partial charge in [0.1, 0.15) is 12.1 Å². The number of nitrogens with zero attached hydrogens (tertiary/aromatic N) is 3. The van der Waals surface area contributed by atoms with E-state index < -0.39 is 0 Å². The minimum Gasteiger partial charge on any atom is -0.353 e. The number of fused-ring (bicyclic) bond motifs is 1. The first-order valence-corrected chi connectivity index (χ1v) is 9.64. The van der Waals surface area contributed by atoms with Crippen molar-refractivity contribution < 1.29 is 0 Å². The molecule has 2 saturated carbocycles. The first kappa shape index (κ1) is 14.2. The number of hydrogen-bond donors (Lipinski definition) is 1. The van der Waals surface area contributed by atoms with E-state index in [0.717, 1.165) is 36.9 Å². The summed E-state index contributed by atoms with van der Waals surface area (Å²) in [4.78, 5) is 12.0. The van der Waals surface area contributed by atoms with Crippen LogP contribution in [0.15, 0.2) is 12.4 Å². The third-order valence-electron chi connectivity index (χ3n) is 6.79. The van der Waals surface area contributed by atoms with Crippen molar-refractivity contribution in [1.82, 2.24) is 15.3 Å². The van der Waals surface area contributed by atoms with Gasteiger partial charge in [-0.15, -0.1) is 0 Å². The zero-order valence-corrected chi connectivity index (χ0v) is 14.0. The Morgan fingerprint density at radius 2 is 1.83 bits per heavy atom. The van der Waals surface area contributed by atoms with E-state index in [-0.39, 0.29) is 0 Å². The van der Waals surface area contributed by atoms with Crippen LogP contribution in [0.1, 0.15) is 56.6 Å². The summed E-state index contributed by atoms with van der Waals surface area (Å²) in [6, 6.07) is 3.04. The second kappa shape index (κ2) is 5.73. The molecule has 0 radical (unpaired) electrons. The van der Waals surface area contributed by atoms with Gasteiger partial charge in [0.25, 0.3) is 0 Å². The van der Waals surface area contributed by atoms with E-state index in [0.29, 0.717) is 5.92 Å². The molecule has 1 aromatic heterocycles. The van der Waals surface area contributed by atoms with Crippen LogP contribution in [-0.2, 0) is 0 Å². The van der Waals surface area contributed by atoms with Gasteiger partial charge in [-0.1, -0.05) is 0 Å². The van der Waals surface area contributed by atoms with Crippen molar-refractivity contribution in [3.8, 4) is 0 Å².